The zero-order valence-electron chi connectivity index (χ0n) is 18.8. The Balaban J connectivity index is 0.00000118. The Labute approximate surface area is 175 Å². The number of benzene rings is 1. The molecule has 1 fully saturated rings. The predicted octanol–water partition coefficient (Wildman–Crippen LogP) is 8.00. The molecule has 0 saturated carbocycles. The van der Waals surface area contributed by atoms with Crippen LogP contribution < -0.4 is 0 Å². The van der Waals surface area contributed by atoms with E-state index in [9.17, 15) is 5.11 Å². The molecule has 2 nitrogen and oxygen atoms in total. The van der Waals surface area contributed by atoms with Gasteiger partial charge in [0.1, 0.15) is 5.75 Å². The van der Waals surface area contributed by atoms with Gasteiger partial charge in [-0.15, -0.1) is 0 Å². The number of rotatable bonds is 16. The minimum atomic E-state index is 0.520. The summed E-state index contributed by atoms with van der Waals surface area (Å²) in [5, 5.41) is 10.3. The number of phenolic OH excluding ortho intramolecular Hbond substituents is 1. The van der Waals surface area contributed by atoms with Crippen LogP contribution in [0, 0.1) is 0 Å². The molecule has 1 aromatic rings. The quantitative estimate of drug-likeness (QED) is 0.229. The van der Waals surface area contributed by atoms with E-state index in [1.54, 1.807) is 0 Å². The monoisotopic (exact) mass is 390 g/mol. The lowest BCUT2D eigenvalue weighted by Crippen LogP contribution is -1.96. The van der Waals surface area contributed by atoms with Gasteiger partial charge in [0.25, 0.3) is 0 Å². The highest BCUT2D eigenvalue weighted by molar-refractivity contribution is 5.39. The van der Waals surface area contributed by atoms with Crippen LogP contribution in [-0.4, -0.2) is 18.3 Å². The molecule has 1 aliphatic rings. The van der Waals surface area contributed by atoms with Crippen LogP contribution in [0.1, 0.15) is 115 Å². The topological polar surface area (TPSA) is 32.8 Å². The van der Waals surface area contributed by atoms with Crippen LogP contribution in [0.15, 0.2) is 18.2 Å². The Hall–Kier alpha value is -1.02. The van der Waals surface area contributed by atoms with Gasteiger partial charge in [-0.25, -0.2) is 0 Å². The molecular weight excluding hydrogens is 344 g/mol. The summed E-state index contributed by atoms with van der Waals surface area (Å²) in [6.45, 7) is 6.54. The first-order valence-corrected chi connectivity index (χ1v) is 12.2. The summed E-state index contributed by atoms with van der Waals surface area (Å²) in [6.07, 6.45) is 21.0. The minimum Gasteiger partial charge on any atom is -0.508 e. The van der Waals surface area contributed by atoms with E-state index in [1.165, 1.54) is 101 Å². The largest absolute Gasteiger partial charge is 0.508 e. The summed E-state index contributed by atoms with van der Waals surface area (Å²) < 4.78 is 4.50. The van der Waals surface area contributed by atoms with E-state index in [2.05, 4.69) is 24.7 Å². The fourth-order valence-electron chi connectivity index (χ4n) is 3.68. The second-order valence-corrected chi connectivity index (χ2v) is 8.27. The SMILES string of the molecule is C1CO1.CCCCCCCCCc1cccc(O)c1CCCCCCCCC. The van der Waals surface area contributed by atoms with Crippen molar-refractivity contribution in [1.82, 2.24) is 0 Å². The summed E-state index contributed by atoms with van der Waals surface area (Å²) >= 11 is 0. The zero-order chi connectivity index (χ0) is 20.3. The normalized spacial score (nSPS) is 12.5. The zero-order valence-corrected chi connectivity index (χ0v) is 18.8. The fraction of sp³-hybridized carbons (Fsp3) is 0.769. The Morgan fingerprint density at radius 3 is 1.64 bits per heavy atom. The lowest BCUT2D eigenvalue weighted by molar-refractivity contribution is 0.464. The van der Waals surface area contributed by atoms with Gasteiger partial charge in [-0.2, -0.15) is 0 Å². The molecule has 0 unspecified atom stereocenters. The van der Waals surface area contributed by atoms with Gasteiger partial charge >= 0.3 is 0 Å². The van der Waals surface area contributed by atoms with Crippen LogP contribution in [0.5, 0.6) is 5.75 Å². The van der Waals surface area contributed by atoms with Gasteiger partial charge in [-0.05, 0) is 42.9 Å². The van der Waals surface area contributed by atoms with Crippen LogP contribution in [0.4, 0.5) is 0 Å². The predicted molar refractivity (Wildman–Crippen MR) is 122 cm³/mol. The van der Waals surface area contributed by atoms with Gasteiger partial charge < -0.3 is 9.84 Å². The molecule has 2 heteroatoms. The van der Waals surface area contributed by atoms with Crippen molar-refractivity contribution in [1.29, 1.82) is 0 Å². The Bertz CT molecular complexity index is 465. The summed E-state index contributed by atoms with van der Waals surface area (Å²) in [6, 6.07) is 6.11. The van der Waals surface area contributed by atoms with Crippen molar-refractivity contribution < 1.29 is 9.84 Å². The third-order valence-electron chi connectivity index (χ3n) is 5.53. The van der Waals surface area contributed by atoms with E-state index in [4.69, 9.17) is 0 Å². The fourth-order valence-corrected chi connectivity index (χ4v) is 3.68. The van der Waals surface area contributed by atoms with Gasteiger partial charge in [0.2, 0.25) is 0 Å². The summed E-state index contributed by atoms with van der Waals surface area (Å²) in [4.78, 5) is 0. The molecule has 0 bridgehead atoms. The van der Waals surface area contributed by atoms with Crippen molar-refractivity contribution in [3.05, 3.63) is 29.3 Å². The average molecular weight is 391 g/mol. The second-order valence-electron chi connectivity index (χ2n) is 8.27. The first-order valence-electron chi connectivity index (χ1n) is 12.2. The van der Waals surface area contributed by atoms with E-state index >= 15 is 0 Å². The van der Waals surface area contributed by atoms with Crippen LogP contribution >= 0.6 is 0 Å². The number of phenols is 1. The maximum atomic E-state index is 10.3. The maximum Gasteiger partial charge on any atom is 0.119 e. The molecule has 162 valence electrons. The molecule has 0 aromatic heterocycles. The first kappa shape index (κ1) is 25.0. The Morgan fingerprint density at radius 2 is 1.14 bits per heavy atom. The molecule has 1 heterocycles. The lowest BCUT2D eigenvalue weighted by Gasteiger charge is -2.12. The number of epoxide rings is 1. The lowest BCUT2D eigenvalue weighted by atomic mass is 9.95. The Kier molecular flexibility index (Phi) is 16.1. The highest BCUT2D eigenvalue weighted by Crippen LogP contribution is 2.25. The first-order chi connectivity index (χ1) is 13.8. The molecule has 0 radical (unpaired) electrons. The standard InChI is InChI=1S/C24H42O.C2H4O/c1-3-5-7-9-11-13-15-18-22-19-17-21-24(25)23(22)20-16-14-12-10-8-6-4-2;1-2-3-1/h17,19,21,25H,3-16,18,20H2,1-2H3;1-2H2. The van der Waals surface area contributed by atoms with E-state index in [1.807, 2.05) is 12.1 Å². The van der Waals surface area contributed by atoms with E-state index < -0.39 is 0 Å². The van der Waals surface area contributed by atoms with E-state index in [0.717, 1.165) is 26.1 Å². The van der Waals surface area contributed by atoms with Gasteiger partial charge in [0.15, 0.2) is 0 Å². The number of hydrogen-bond acceptors (Lipinski definition) is 2. The van der Waals surface area contributed by atoms with Crippen molar-refractivity contribution in [3.8, 4) is 5.75 Å². The van der Waals surface area contributed by atoms with Crippen molar-refractivity contribution >= 4 is 0 Å². The van der Waals surface area contributed by atoms with Crippen molar-refractivity contribution in [2.45, 2.75) is 117 Å². The highest BCUT2D eigenvalue weighted by atomic mass is 16.6. The highest BCUT2D eigenvalue weighted by Gasteiger charge is 2.07. The number of aryl methyl sites for hydroxylation is 1. The molecule has 2 rings (SSSR count). The van der Waals surface area contributed by atoms with Crippen molar-refractivity contribution in [2.75, 3.05) is 13.2 Å². The summed E-state index contributed by atoms with van der Waals surface area (Å²) in [5.41, 5.74) is 2.61. The van der Waals surface area contributed by atoms with Gasteiger partial charge in [-0.3, -0.25) is 0 Å². The molecule has 1 saturated heterocycles. The number of ether oxygens (including phenoxy) is 1. The van der Waals surface area contributed by atoms with Crippen molar-refractivity contribution in [3.63, 3.8) is 0 Å². The minimum absolute atomic E-state index is 0.520. The van der Waals surface area contributed by atoms with Gasteiger partial charge in [0.05, 0.1) is 13.2 Å². The van der Waals surface area contributed by atoms with E-state index in [-0.39, 0.29) is 0 Å². The van der Waals surface area contributed by atoms with Crippen LogP contribution in [0.2, 0.25) is 0 Å². The molecular formula is C26H46O2. The number of aromatic hydroxyl groups is 1. The van der Waals surface area contributed by atoms with Crippen LogP contribution in [0.3, 0.4) is 0 Å². The molecule has 0 atom stereocenters. The molecule has 0 amide bonds. The Morgan fingerprint density at radius 1 is 0.679 bits per heavy atom. The molecule has 1 aromatic carbocycles. The van der Waals surface area contributed by atoms with Gasteiger partial charge in [0, 0.05) is 0 Å². The third-order valence-corrected chi connectivity index (χ3v) is 5.53. The van der Waals surface area contributed by atoms with E-state index in [0.29, 0.717) is 5.75 Å². The second kappa shape index (κ2) is 18.0. The summed E-state index contributed by atoms with van der Waals surface area (Å²) in [5.74, 6) is 0.520. The molecule has 0 spiro atoms. The molecule has 0 aliphatic carbocycles. The van der Waals surface area contributed by atoms with Crippen LogP contribution in [0.25, 0.3) is 0 Å². The van der Waals surface area contributed by atoms with Crippen molar-refractivity contribution in [2.24, 2.45) is 0 Å². The smallest absolute Gasteiger partial charge is 0.119 e. The van der Waals surface area contributed by atoms with Crippen LogP contribution in [-0.2, 0) is 17.6 Å². The summed E-state index contributed by atoms with van der Waals surface area (Å²) in [7, 11) is 0. The average Bonchev–Trinajstić information content (AvgIpc) is 3.57. The van der Waals surface area contributed by atoms with Gasteiger partial charge in [-0.1, -0.05) is 103 Å². The number of hydrogen-bond donors (Lipinski definition) is 1. The molecule has 1 aliphatic heterocycles. The number of unbranched alkanes of at least 4 members (excludes halogenated alkanes) is 12. The molecule has 28 heavy (non-hydrogen) atoms. The maximum absolute atomic E-state index is 10.3. The third kappa shape index (κ3) is 14.0. The molecule has 1 N–H and O–H groups in total.